The van der Waals surface area contributed by atoms with Crippen molar-refractivity contribution < 1.29 is 9.47 Å². The van der Waals surface area contributed by atoms with Crippen LogP contribution in [-0.4, -0.2) is 28.9 Å². The van der Waals surface area contributed by atoms with Crippen LogP contribution in [0.3, 0.4) is 0 Å². The predicted octanol–water partition coefficient (Wildman–Crippen LogP) is 5.07. The Morgan fingerprint density at radius 3 is 2.48 bits per heavy atom. The largest absolute Gasteiger partial charge is 0.497 e. The monoisotopic (exact) mass is 456 g/mol. The molecule has 1 N–H and O–H groups in total. The van der Waals surface area contributed by atoms with Crippen molar-refractivity contribution in [2.24, 2.45) is 0 Å². The van der Waals surface area contributed by atoms with Gasteiger partial charge in [0.2, 0.25) is 0 Å². The number of para-hydroxylation sites is 1. The van der Waals surface area contributed by atoms with Gasteiger partial charge in [0.15, 0.2) is 5.11 Å². The molecule has 6 nitrogen and oxygen atoms in total. The van der Waals surface area contributed by atoms with Crippen LogP contribution in [-0.2, 0) is 0 Å². The van der Waals surface area contributed by atoms with Gasteiger partial charge in [0.1, 0.15) is 11.5 Å². The van der Waals surface area contributed by atoms with E-state index in [0.717, 1.165) is 28.4 Å². The van der Waals surface area contributed by atoms with E-state index in [2.05, 4.69) is 50.4 Å². The quantitative estimate of drug-likeness (QED) is 0.409. The molecule has 7 heteroatoms. The van der Waals surface area contributed by atoms with Crippen molar-refractivity contribution in [1.29, 1.82) is 0 Å². The standard InChI is InChI=1S/C26H24N4O2S/c1-31-20-11-12-22(23(16-20)32-2)30-25(24(28-26(30)33)21-10-6-7-14-27-21)18-13-15-29(17-18)19-8-4-3-5-9-19/h3-17,24-25H,1-2H3,(H,28,33)/t24-,25+/m0/s1. The molecule has 2 aromatic heterocycles. The first-order valence-electron chi connectivity index (χ1n) is 10.7. The molecule has 0 unspecified atom stereocenters. The summed E-state index contributed by atoms with van der Waals surface area (Å²) in [6.07, 6.45) is 6.03. The van der Waals surface area contributed by atoms with E-state index in [0.29, 0.717) is 10.9 Å². The van der Waals surface area contributed by atoms with Crippen LogP contribution in [0.5, 0.6) is 11.5 Å². The van der Waals surface area contributed by atoms with Crippen LogP contribution in [0.15, 0.2) is 91.4 Å². The van der Waals surface area contributed by atoms with E-state index >= 15 is 0 Å². The number of aromatic nitrogens is 2. The number of hydrogen-bond donors (Lipinski definition) is 1. The van der Waals surface area contributed by atoms with Crippen molar-refractivity contribution in [3.63, 3.8) is 0 Å². The van der Waals surface area contributed by atoms with Gasteiger partial charge in [-0.2, -0.15) is 0 Å². The van der Waals surface area contributed by atoms with E-state index in [1.807, 2.05) is 60.8 Å². The molecule has 1 saturated heterocycles. The van der Waals surface area contributed by atoms with E-state index < -0.39 is 0 Å². The van der Waals surface area contributed by atoms with Crippen molar-refractivity contribution in [1.82, 2.24) is 14.9 Å². The van der Waals surface area contributed by atoms with Gasteiger partial charge < -0.3 is 24.3 Å². The van der Waals surface area contributed by atoms with Crippen LogP contribution in [0.25, 0.3) is 5.69 Å². The highest BCUT2D eigenvalue weighted by molar-refractivity contribution is 7.80. The molecule has 3 heterocycles. The molecule has 4 aromatic rings. The molecular weight excluding hydrogens is 432 g/mol. The Kier molecular flexibility index (Phi) is 5.71. The smallest absolute Gasteiger partial charge is 0.174 e. The van der Waals surface area contributed by atoms with Crippen LogP contribution in [0.2, 0.25) is 0 Å². The second-order valence-corrected chi connectivity index (χ2v) is 8.11. The lowest BCUT2D eigenvalue weighted by Crippen LogP contribution is -2.29. The summed E-state index contributed by atoms with van der Waals surface area (Å²) in [4.78, 5) is 6.74. The van der Waals surface area contributed by atoms with Crippen LogP contribution in [0, 0.1) is 0 Å². The van der Waals surface area contributed by atoms with Crippen molar-refractivity contribution in [2.45, 2.75) is 12.1 Å². The minimum absolute atomic E-state index is 0.125. The second kappa shape index (κ2) is 8.96. The van der Waals surface area contributed by atoms with E-state index in [1.54, 1.807) is 14.2 Å². The fraction of sp³-hybridized carbons (Fsp3) is 0.154. The number of benzene rings is 2. The van der Waals surface area contributed by atoms with Gasteiger partial charge >= 0.3 is 0 Å². The van der Waals surface area contributed by atoms with E-state index in [9.17, 15) is 0 Å². The number of hydrogen-bond acceptors (Lipinski definition) is 4. The maximum atomic E-state index is 5.84. The lowest BCUT2D eigenvalue weighted by molar-refractivity contribution is 0.394. The molecular formula is C26H24N4O2S. The molecule has 1 aliphatic heterocycles. The van der Waals surface area contributed by atoms with Gasteiger partial charge in [-0.3, -0.25) is 4.98 Å². The Balaban J connectivity index is 1.63. The Hall–Kier alpha value is -3.84. The SMILES string of the molecule is COc1ccc(N2C(=S)N[C@@H](c3ccccn3)[C@H]2c2ccn(-c3ccccc3)c2)c(OC)c1. The summed E-state index contributed by atoms with van der Waals surface area (Å²) in [5.41, 5.74) is 4.00. The number of nitrogens with one attached hydrogen (secondary N) is 1. The summed E-state index contributed by atoms with van der Waals surface area (Å²) in [6, 6.07) is 23.8. The summed E-state index contributed by atoms with van der Waals surface area (Å²) in [7, 11) is 3.30. The van der Waals surface area contributed by atoms with Gasteiger partial charge in [-0.05, 0) is 60.2 Å². The van der Waals surface area contributed by atoms with E-state index in [1.165, 1.54) is 0 Å². The number of nitrogens with zero attached hydrogens (tertiary/aromatic N) is 3. The van der Waals surface area contributed by atoms with Gasteiger partial charge in [0.05, 0.1) is 37.7 Å². The van der Waals surface area contributed by atoms with Crippen LogP contribution in [0.4, 0.5) is 5.69 Å². The highest BCUT2D eigenvalue weighted by Crippen LogP contribution is 2.45. The van der Waals surface area contributed by atoms with Gasteiger partial charge in [0.25, 0.3) is 0 Å². The Labute approximate surface area is 198 Å². The van der Waals surface area contributed by atoms with Gasteiger partial charge in [-0.15, -0.1) is 0 Å². The summed E-state index contributed by atoms with van der Waals surface area (Å²) >= 11 is 5.84. The van der Waals surface area contributed by atoms with Crippen molar-refractivity contribution in [3.8, 4) is 17.2 Å². The maximum absolute atomic E-state index is 5.84. The Morgan fingerprint density at radius 2 is 1.76 bits per heavy atom. The first kappa shape index (κ1) is 21.0. The molecule has 0 bridgehead atoms. The van der Waals surface area contributed by atoms with Crippen LogP contribution < -0.4 is 19.7 Å². The summed E-state index contributed by atoms with van der Waals surface area (Å²) < 4.78 is 13.2. The predicted molar refractivity (Wildman–Crippen MR) is 133 cm³/mol. The molecule has 0 saturated carbocycles. The molecule has 1 aliphatic rings. The average Bonchev–Trinajstić information content (AvgIpc) is 3.49. The Morgan fingerprint density at radius 1 is 0.939 bits per heavy atom. The minimum Gasteiger partial charge on any atom is -0.497 e. The molecule has 0 amide bonds. The normalized spacial score (nSPS) is 17.6. The van der Waals surface area contributed by atoms with Crippen molar-refractivity contribution in [2.75, 3.05) is 19.1 Å². The minimum atomic E-state index is -0.128. The third-order valence-electron chi connectivity index (χ3n) is 5.86. The van der Waals surface area contributed by atoms with Crippen LogP contribution >= 0.6 is 12.2 Å². The number of anilines is 1. The zero-order chi connectivity index (χ0) is 22.8. The molecule has 1 fully saturated rings. The fourth-order valence-corrected chi connectivity index (χ4v) is 4.62. The molecule has 2 aromatic carbocycles. The first-order chi connectivity index (χ1) is 16.2. The van der Waals surface area contributed by atoms with Gasteiger partial charge in [-0.25, -0.2) is 0 Å². The molecule has 0 aliphatic carbocycles. The third kappa shape index (κ3) is 3.91. The average molecular weight is 457 g/mol. The number of methoxy groups -OCH3 is 2. The summed E-state index contributed by atoms with van der Waals surface area (Å²) in [5.74, 6) is 1.41. The molecule has 2 atom stereocenters. The first-order valence-corrected chi connectivity index (χ1v) is 11.1. The van der Waals surface area contributed by atoms with E-state index in [4.69, 9.17) is 21.7 Å². The maximum Gasteiger partial charge on any atom is 0.174 e. The molecule has 0 radical (unpaired) electrons. The molecule has 0 spiro atoms. The lowest BCUT2D eigenvalue weighted by Gasteiger charge is -2.28. The third-order valence-corrected chi connectivity index (χ3v) is 6.17. The Bertz CT molecular complexity index is 1260. The number of pyridine rings is 1. The zero-order valence-corrected chi connectivity index (χ0v) is 19.2. The van der Waals surface area contributed by atoms with E-state index in [-0.39, 0.29) is 12.1 Å². The highest BCUT2D eigenvalue weighted by atomic mass is 32.1. The number of ether oxygens (including phenoxy) is 2. The van der Waals surface area contributed by atoms with Crippen LogP contribution in [0.1, 0.15) is 23.3 Å². The van der Waals surface area contributed by atoms with Crippen molar-refractivity contribution in [3.05, 3.63) is 103 Å². The van der Waals surface area contributed by atoms with Crippen molar-refractivity contribution >= 4 is 23.0 Å². The fourth-order valence-electron chi connectivity index (χ4n) is 4.29. The van der Waals surface area contributed by atoms with Gasteiger partial charge in [0, 0.05) is 30.3 Å². The van der Waals surface area contributed by atoms with Gasteiger partial charge in [-0.1, -0.05) is 24.3 Å². The number of rotatable bonds is 6. The molecule has 166 valence electrons. The second-order valence-electron chi connectivity index (χ2n) is 7.72. The lowest BCUT2D eigenvalue weighted by atomic mass is 9.98. The summed E-state index contributed by atoms with van der Waals surface area (Å²) in [5, 5.41) is 4.11. The molecule has 33 heavy (non-hydrogen) atoms. The highest BCUT2D eigenvalue weighted by Gasteiger charge is 2.42. The topological polar surface area (TPSA) is 51.5 Å². The summed E-state index contributed by atoms with van der Waals surface area (Å²) in [6.45, 7) is 0. The zero-order valence-electron chi connectivity index (χ0n) is 18.4. The molecule has 5 rings (SSSR count). The number of thiocarbonyl (C=S) groups is 1.